The van der Waals surface area contributed by atoms with Crippen molar-refractivity contribution in [1.82, 2.24) is 25.0 Å². The third-order valence-electron chi connectivity index (χ3n) is 7.08. The molecule has 1 saturated heterocycles. The highest BCUT2D eigenvalue weighted by Gasteiger charge is 2.40. The van der Waals surface area contributed by atoms with Crippen LogP contribution in [0.1, 0.15) is 54.1 Å². The van der Waals surface area contributed by atoms with Crippen molar-refractivity contribution in [2.75, 3.05) is 19.9 Å². The highest BCUT2D eigenvalue weighted by Crippen LogP contribution is 2.41. The number of nitrogens with one attached hydrogen (secondary N) is 1. The minimum atomic E-state index is -0.0615. The molecule has 8 heteroatoms. The predicted molar refractivity (Wildman–Crippen MR) is 108 cm³/mol. The Morgan fingerprint density at radius 2 is 1.97 bits per heavy atom. The molecule has 8 nitrogen and oxygen atoms in total. The first-order chi connectivity index (χ1) is 14.7. The molecule has 2 fully saturated rings. The number of aromatic nitrogens is 3. The quantitative estimate of drug-likeness (QED) is 0.833. The Bertz CT molecular complexity index is 975. The second kappa shape index (κ2) is 6.97. The number of rotatable bonds is 4. The van der Waals surface area contributed by atoms with Gasteiger partial charge in [-0.15, -0.1) is 10.2 Å². The van der Waals surface area contributed by atoms with Gasteiger partial charge in [0.25, 0.3) is 5.91 Å². The van der Waals surface area contributed by atoms with Crippen molar-refractivity contribution >= 4 is 5.91 Å². The van der Waals surface area contributed by atoms with Crippen molar-refractivity contribution in [3.8, 4) is 11.5 Å². The normalized spacial score (nSPS) is 22.1. The maximum Gasteiger partial charge on any atom is 0.289 e. The van der Waals surface area contributed by atoms with Gasteiger partial charge in [-0.3, -0.25) is 9.69 Å². The first kappa shape index (κ1) is 18.2. The number of likely N-dealkylation sites (tertiary alicyclic amines) is 1. The number of nitrogens with zero attached hydrogens (tertiary/aromatic N) is 4. The van der Waals surface area contributed by atoms with Gasteiger partial charge in [-0.05, 0) is 68.3 Å². The van der Waals surface area contributed by atoms with Gasteiger partial charge in [0.2, 0.25) is 12.6 Å². The van der Waals surface area contributed by atoms with E-state index < -0.39 is 0 Å². The van der Waals surface area contributed by atoms with Gasteiger partial charge in [0, 0.05) is 25.6 Å². The monoisotopic (exact) mass is 409 g/mol. The SMILES string of the molecule is O=C(NC1CC1)c1nnc2n1CC1(CC2)CCN(Cc2ccc3c(c2)OCO3)CC1. The van der Waals surface area contributed by atoms with Crippen molar-refractivity contribution in [2.24, 2.45) is 5.41 Å². The van der Waals surface area contributed by atoms with Gasteiger partial charge in [0.15, 0.2) is 11.5 Å². The smallest absolute Gasteiger partial charge is 0.289 e. The zero-order chi connectivity index (χ0) is 20.1. The van der Waals surface area contributed by atoms with E-state index in [-0.39, 0.29) is 11.3 Å². The predicted octanol–water partition coefficient (Wildman–Crippen LogP) is 2.13. The topological polar surface area (TPSA) is 81.5 Å². The van der Waals surface area contributed by atoms with Crippen molar-refractivity contribution in [2.45, 2.75) is 57.7 Å². The zero-order valence-corrected chi connectivity index (χ0v) is 17.1. The van der Waals surface area contributed by atoms with E-state index in [9.17, 15) is 4.79 Å². The van der Waals surface area contributed by atoms with Gasteiger partial charge in [0.1, 0.15) is 5.82 Å². The molecule has 3 aliphatic heterocycles. The van der Waals surface area contributed by atoms with Crippen LogP contribution < -0.4 is 14.8 Å². The van der Waals surface area contributed by atoms with Crippen LogP contribution in [0.2, 0.25) is 0 Å². The third kappa shape index (κ3) is 3.33. The van der Waals surface area contributed by atoms with Crippen molar-refractivity contribution in [1.29, 1.82) is 0 Å². The minimum Gasteiger partial charge on any atom is -0.454 e. The molecule has 6 rings (SSSR count). The summed E-state index contributed by atoms with van der Waals surface area (Å²) in [6.07, 6.45) is 6.47. The van der Waals surface area contributed by atoms with E-state index in [1.54, 1.807) is 0 Å². The second-order valence-electron chi connectivity index (χ2n) is 9.24. The van der Waals surface area contributed by atoms with Crippen LogP contribution in [0.3, 0.4) is 0 Å². The lowest BCUT2D eigenvalue weighted by atomic mass is 9.73. The molecule has 0 bridgehead atoms. The minimum absolute atomic E-state index is 0.0615. The molecular weight excluding hydrogens is 382 g/mol. The fourth-order valence-electron chi connectivity index (χ4n) is 5.01. The number of benzene rings is 1. The van der Waals surface area contributed by atoms with Gasteiger partial charge in [-0.1, -0.05) is 6.07 Å². The lowest BCUT2D eigenvalue weighted by Gasteiger charge is -2.44. The molecular formula is C22H27N5O3. The average molecular weight is 409 g/mol. The maximum atomic E-state index is 12.6. The van der Waals surface area contributed by atoms with Crippen molar-refractivity contribution < 1.29 is 14.3 Å². The Kier molecular flexibility index (Phi) is 4.23. The number of fused-ring (bicyclic) bond motifs is 2. The average Bonchev–Trinajstić information content (AvgIpc) is 3.28. The standard InChI is InChI=1S/C22H27N5O3/c28-21(23-16-2-3-16)20-25-24-19-5-6-22(13-27(19)20)7-9-26(10-8-22)12-15-1-4-17-18(11-15)30-14-29-17/h1,4,11,16H,2-3,5-10,12-14H2,(H,23,28). The summed E-state index contributed by atoms with van der Waals surface area (Å²) in [5.41, 5.74) is 1.51. The summed E-state index contributed by atoms with van der Waals surface area (Å²) in [5, 5.41) is 11.6. The first-order valence-electron chi connectivity index (χ1n) is 11.0. The first-order valence-corrected chi connectivity index (χ1v) is 11.0. The molecule has 30 heavy (non-hydrogen) atoms. The Morgan fingerprint density at radius 3 is 2.80 bits per heavy atom. The molecule has 4 heterocycles. The van der Waals surface area contributed by atoms with E-state index in [1.165, 1.54) is 5.56 Å². The fourth-order valence-corrected chi connectivity index (χ4v) is 5.01. The number of aryl methyl sites for hydroxylation is 1. The summed E-state index contributed by atoms with van der Waals surface area (Å²) in [6.45, 7) is 4.24. The van der Waals surface area contributed by atoms with Crippen LogP contribution in [-0.2, 0) is 19.5 Å². The summed E-state index contributed by atoms with van der Waals surface area (Å²) in [4.78, 5) is 15.1. The van der Waals surface area contributed by atoms with Crippen LogP contribution in [0.5, 0.6) is 11.5 Å². The lowest BCUT2D eigenvalue weighted by molar-refractivity contribution is 0.0617. The largest absolute Gasteiger partial charge is 0.454 e. The number of piperidine rings is 1. The summed E-state index contributed by atoms with van der Waals surface area (Å²) in [7, 11) is 0. The summed E-state index contributed by atoms with van der Waals surface area (Å²) in [5.74, 6) is 3.09. The zero-order valence-electron chi connectivity index (χ0n) is 17.1. The molecule has 1 spiro atoms. The summed E-state index contributed by atoms with van der Waals surface area (Å²) < 4.78 is 13.0. The number of ether oxygens (including phenoxy) is 2. The number of carbonyl (C=O) groups excluding carboxylic acids is 1. The summed E-state index contributed by atoms with van der Waals surface area (Å²) >= 11 is 0. The van der Waals surface area contributed by atoms with Crippen LogP contribution in [0.15, 0.2) is 18.2 Å². The molecule has 158 valence electrons. The molecule has 0 radical (unpaired) electrons. The number of carbonyl (C=O) groups is 1. The van der Waals surface area contributed by atoms with Gasteiger partial charge >= 0.3 is 0 Å². The molecule has 0 atom stereocenters. The van der Waals surface area contributed by atoms with Crippen LogP contribution in [0, 0.1) is 5.41 Å². The molecule has 1 aromatic carbocycles. The Hall–Kier alpha value is -2.61. The molecule has 1 aromatic heterocycles. The second-order valence-corrected chi connectivity index (χ2v) is 9.24. The fraction of sp³-hybridized carbons (Fsp3) is 0.591. The van der Waals surface area contributed by atoms with E-state index in [4.69, 9.17) is 9.47 Å². The van der Waals surface area contributed by atoms with Gasteiger partial charge in [0.05, 0.1) is 0 Å². The molecule has 4 aliphatic rings. The molecule has 1 aliphatic carbocycles. The van der Waals surface area contributed by atoms with Crippen LogP contribution in [0.25, 0.3) is 0 Å². The Labute approximate surface area is 175 Å². The van der Waals surface area contributed by atoms with Crippen LogP contribution >= 0.6 is 0 Å². The van der Waals surface area contributed by atoms with Gasteiger partial charge < -0.3 is 19.4 Å². The highest BCUT2D eigenvalue weighted by atomic mass is 16.7. The van der Waals surface area contributed by atoms with Crippen molar-refractivity contribution in [3.63, 3.8) is 0 Å². The van der Waals surface area contributed by atoms with Gasteiger partial charge in [-0.2, -0.15) is 0 Å². The molecule has 1 N–H and O–H groups in total. The van der Waals surface area contributed by atoms with E-state index in [0.717, 1.165) is 82.0 Å². The highest BCUT2D eigenvalue weighted by molar-refractivity contribution is 5.91. The van der Waals surface area contributed by atoms with Gasteiger partial charge in [-0.25, -0.2) is 0 Å². The molecule has 0 unspecified atom stereocenters. The summed E-state index contributed by atoms with van der Waals surface area (Å²) in [6, 6.07) is 6.57. The number of amides is 1. The van der Waals surface area contributed by atoms with Crippen LogP contribution in [-0.4, -0.2) is 51.5 Å². The Morgan fingerprint density at radius 1 is 1.13 bits per heavy atom. The molecule has 2 aromatic rings. The molecule has 1 saturated carbocycles. The number of hydrogen-bond acceptors (Lipinski definition) is 6. The van der Waals surface area contributed by atoms with E-state index >= 15 is 0 Å². The van der Waals surface area contributed by atoms with E-state index in [1.807, 2.05) is 6.07 Å². The van der Waals surface area contributed by atoms with Crippen LogP contribution in [0.4, 0.5) is 0 Å². The van der Waals surface area contributed by atoms with E-state index in [2.05, 4.69) is 37.1 Å². The third-order valence-corrected chi connectivity index (χ3v) is 7.08. The Balaban J connectivity index is 1.11. The lowest BCUT2D eigenvalue weighted by Crippen LogP contribution is -2.44. The number of hydrogen-bond donors (Lipinski definition) is 1. The maximum absolute atomic E-state index is 12.6. The van der Waals surface area contributed by atoms with Crippen molar-refractivity contribution in [3.05, 3.63) is 35.4 Å². The molecule has 1 amide bonds. The van der Waals surface area contributed by atoms with E-state index in [0.29, 0.717) is 18.7 Å².